The van der Waals surface area contributed by atoms with Crippen molar-refractivity contribution in [3.63, 3.8) is 0 Å². The van der Waals surface area contributed by atoms with Crippen LogP contribution < -0.4 is 6.15 Å². The first-order chi connectivity index (χ1) is 14.7. The van der Waals surface area contributed by atoms with Gasteiger partial charge in [0.05, 0.1) is 18.5 Å². The van der Waals surface area contributed by atoms with Crippen LogP contribution in [0.15, 0.2) is 0 Å². The fraction of sp³-hybridized carbons (Fsp3) is 1.00. The summed E-state index contributed by atoms with van der Waals surface area (Å²) in [7, 11) is -5.27. The molecule has 0 unspecified atom stereocenters. The molecule has 0 aliphatic carbocycles. The third kappa shape index (κ3) is 40.3. The van der Waals surface area contributed by atoms with E-state index < -0.39 is 15.1 Å². The zero-order valence-electron chi connectivity index (χ0n) is 22.6. The Balaban J connectivity index is -0.000000539. The minimum absolute atomic E-state index is 0. The molecule has 0 aromatic carbocycles. The van der Waals surface area contributed by atoms with Crippen molar-refractivity contribution in [2.24, 2.45) is 0 Å². The number of phosphoric acid groups is 1. The summed E-state index contributed by atoms with van der Waals surface area (Å²) >= 11 is 0. The van der Waals surface area contributed by atoms with Gasteiger partial charge in [0.2, 0.25) is 0 Å². The summed E-state index contributed by atoms with van der Waals surface area (Å²) < 4.78 is 8.88. The lowest BCUT2D eigenvalue weighted by Gasteiger charge is -2.24. The molecule has 8 heteroatoms. The SMILES string of the molecule is CCCCCCCC[P+](C)(CCCCCCCC)CCCCCCCC.Cl.N.O=P(O)(O)O. The molecule has 5 nitrogen and oxygen atoms in total. The van der Waals surface area contributed by atoms with E-state index in [-0.39, 0.29) is 18.6 Å². The van der Waals surface area contributed by atoms with Gasteiger partial charge in [0.15, 0.2) is 0 Å². The Kier molecular flexibility index (Phi) is 36.0. The second kappa shape index (κ2) is 29.0. The summed E-state index contributed by atoms with van der Waals surface area (Å²) in [6, 6.07) is 0. The maximum atomic E-state index is 8.88. The first kappa shape index (κ1) is 40.9. The molecule has 0 atom stereocenters. The quantitative estimate of drug-likeness (QED) is 0.0861. The Bertz CT molecular complexity index is 363. The number of halogens is 1. The maximum Gasteiger partial charge on any atom is 0.466 e. The van der Waals surface area contributed by atoms with E-state index in [9.17, 15) is 0 Å². The molecule has 6 N–H and O–H groups in total. The third-order valence-corrected chi connectivity index (χ3v) is 10.3. The second-order valence-electron chi connectivity index (χ2n) is 9.61. The van der Waals surface area contributed by atoms with Gasteiger partial charge >= 0.3 is 7.82 Å². The van der Waals surface area contributed by atoms with E-state index in [4.69, 9.17) is 19.2 Å². The van der Waals surface area contributed by atoms with E-state index in [2.05, 4.69) is 27.4 Å². The highest BCUT2D eigenvalue weighted by atomic mass is 35.5. The summed E-state index contributed by atoms with van der Waals surface area (Å²) in [5, 5.41) is 0. The molecule has 0 heterocycles. The van der Waals surface area contributed by atoms with Crippen LogP contribution >= 0.6 is 27.5 Å². The van der Waals surface area contributed by atoms with Gasteiger partial charge < -0.3 is 20.8 Å². The lowest BCUT2D eigenvalue weighted by molar-refractivity contribution is 0.275. The van der Waals surface area contributed by atoms with Gasteiger partial charge in [-0.3, -0.25) is 0 Å². The highest BCUT2D eigenvalue weighted by molar-refractivity contribution is 7.75. The molecule has 0 radical (unpaired) electrons. The van der Waals surface area contributed by atoms with Crippen molar-refractivity contribution in [1.29, 1.82) is 0 Å². The van der Waals surface area contributed by atoms with Crippen LogP contribution in [0, 0.1) is 0 Å². The van der Waals surface area contributed by atoms with Crippen LogP contribution in [0.2, 0.25) is 0 Å². The maximum absolute atomic E-state index is 8.88. The fourth-order valence-corrected chi connectivity index (χ4v) is 7.79. The van der Waals surface area contributed by atoms with Crippen LogP contribution in [-0.2, 0) is 4.57 Å². The van der Waals surface area contributed by atoms with Crippen molar-refractivity contribution in [3.8, 4) is 0 Å². The molecule has 0 aromatic rings. The van der Waals surface area contributed by atoms with Crippen molar-refractivity contribution < 1.29 is 19.2 Å². The third-order valence-electron chi connectivity index (χ3n) is 6.15. The Hall–Kier alpha value is 0.790. The fourth-order valence-electron chi connectivity index (χ4n) is 4.16. The van der Waals surface area contributed by atoms with Gasteiger partial charge in [0.25, 0.3) is 0 Å². The molecule has 33 heavy (non-hydrogen) atoms. The molecular formula is C25H61ClNO4P2+. The molecule has 0 aliphatic rings. The van der Waals surface area contributed by atoms with Crippen LogP contribution in [0.25, 0.3) is 0 Å². The molecule has 0 saturated heterocycles. The summed E-state index contributed by atoms with van der Waals surface area (Å²) in [5.41, 5.74) is 0. The van der Waals surface area contributed by atoms with Gasteiger partial charge in [0.1, 0.15) is 0 Å². The number of rotatable bonds is 21. The lowest BCUT2D eigenvalue weighted by Crippen LogP contribution is -2.08. The summed E-state index contributed by atoms with van der Waals surface area (Å²) in [4.78, 5) is 21.6. The van der Waals surface area contributed by atoms with Crippen molar-refractivity contribution in [2.75, 3.05) is 25.2 Å². The van der Waals surface area contributed by atoms with Gasteiger partial charge in [-0.1, -0.05) is 97.8 Å². The second-order valence-corrected chi connectivity index (χ2v) is 15.2. The standard InChI is InChI=1S/C25H54P.ClH.H3N.H3O4P/c1-5-8-11-14-17-20-23-26(4,24-21-18-15-12-9-6-2)25-22-19-16-13-10-7-3;;;1-5(2,3)4/h5-25H2,1-4H3;1H;1H3;(H3,1,2,3,4)/q+1;;;. The van der Waals surface area contributed by atoms with Crippen LogP contribution in [0.5, 0.6) is 0 Å². The van der Waals surface area contributed by atoms with Gasteiger partial charge in [-0.2, -0.15) is 0 Å². The summed E-state index contributed by atoms with van der Waals surface area (Å²) in [6.45, 7) is 9.70. The van der Waals surface area contributed by atoms with E-state index in [1.54, 1.807) is 18.5 Å². The van der Waals surface area contributed by atoms with E-state index >= 15 is 0 Å². The molecule has 0 saturated carbocycles. The average molecular weight is 537 g/mol. The Labute approximate surface area is 214 Å². The van der Waals surface area contributed by atoms with E-state index in [0.717, 1.165) is 0 Å². The number of hydrogen-bond acceptors (Lipinski definition) is 2. The molecular weight excluding hydrogens is 476 g/mol. The van der Waals surface area contributed by atoms with Crippen LogP contribution in [0.3, 0.4) is 0 Å². The number of hydrogen-bond donors (Lipinski definition) is 4. The monoisotopic (exact) mass is 536 g/mol. The van der Waals surface area contributed by atoms with E-state index in [0.29, 0.717) is 0 Å². The van der Waals surface area contributed by atoms with E-state index in [1.165, 1.54) is 116 Å². The largest absolute Gasteiger partial charge is 0.466 e. The Morgan fingerprint density at radius 1 is 0.515 bits per heavy atom. The minimum atomic E-state index is -4.64. The van der Waals surface area contributed by atoms with Gasteiger partial charge in [0, 0.05) is 13.9 Å². The van der Waals surface area contributed by atoms with Crippen molar-refractivity contribution in [2.45, 2.75) is 136 Å². The molecule has 0 aliphatic heterocycles. The molecule has 0 aromatic heterocycles. The molecule has 0 fully saturated rings. The predicted octanol–water partition coefficient (Wildman–Crippen LogP) is 9.37. The normalized spacial score (nSPS) is 11.2. The van der Waals surface area contributed by atoms with Gasteiger partial charge in [-0.05, 0) is 38.5 Å². The van der Waals surface area contributed by atoms with Gasteiger partial charge in [-0.15, -0.1) is 12.4 Å². The summed E-state index contributed by atoms with van der Waals surface area (Å²) in [5.74, 6) is 0. The van der Waals surface area contributed by atoms with Crippen LogP contribution in [0.4, 0.5) is 0 Å². The smallest absolute Gasteiger partial charge is 0.344 e. The molecule has 0 spiro atoms. The lowest BCUT2D eigenvalue weighted by atomic mass is 10.1. The molecule has 0 bridgehead atoms. The first-order valence-electron chi connectivity index (χ1n) is 13.3. The predicted molar refractivity (Wildman–Crippen MR) is 154 cm³/mol. The Morgan fingerprint density at radius 3 is 0.909 bits per heavy atom. The van der Waals surface area contributed by atoms with E-state index in [1.807, 2.05) is 0 Å². The van der Waals surface area contributed by atoms with Crippen molar-refractivity contribution in [3.05, 3.63) is 0 Å². The molecule has 206 valence electrons. The van der Waals surface area contributed by atoms with Crippen molar-refractivity contribution in [1.82, 2.24) is 6.15 Å². The zero-order valence-corrected chi connectivity index (χ0v) is 25.2. The first-order valence-corrected chi connectivity index (χ1v) is 17.7. The molecule has 0 amide bonds. The van der Waals surface area contributed by atoms with Crippen LogP contribution in [0.1, 0.15) is 136 Å². The van der Waals surface area contributed by atoms with Gasteiger partial charge in [-0.25, -0.2) is 4.57 Å². The summed E-state index contributed by atoms with van der Waals surface area (Å²) in [6.07, 6.45) is 31.2. The van der Waals surface area contributed by atoms with Crippen molar-refractivity contribution >= 4 is 27.5 Å². The highest BCUT2D eigenvalue weighted by Gasteiger charge is 2.29. The zero-order chi connectivity index (χ0) is 23.8. The highest BCUT2D eigenvalue weighted by Crippen LogP contribution is 2.57. The Morgan fingerprint density at radius 2 is 0.697 bits per heavy atom. The topological polar surface area (TPSA) is 113 Å². The van der Waals surface area contributed by atoms with Crippen LogP contribution in [-0.4, -0.2) is 39.8 Å². The average Bonchev–Trinajstić information content (AvgIpc) is 2.69. The number of unbranched alkanes of at least 4 members (excludes halogenated alkanes) is 15. The molecule has 0 rings (SSSR count). The minimum Gasteiger partial charge on any atom is -0.344 e.